The molecule has 2 rings (SSSR count). The molecule has 0 spiro atoms. The van der Waals surface area contributed by atoms with Gasteiger partial charge < -0.3 is 19.9 Å². The summed E-state index contributed by atoms with van der Waals surface area (Å²) in [4.78, 5) is 39.4. The highest BCUT2D eigenvalue weighted by atomic mass is 16.5. The minimum absolute atomic E-state index is 0.133. The number of carbonyl (C=O) groups excluding carboxylic acids is 3. The summed E-state index contributed by atoms with van der Waals surface area (Å²) in [5.41, 5.74) is 1.13. The van der Waals surface area contributed by atoms with E-state index in [2.05, 4.69) is 5.32 Å². The topological polar surface area (TPSA) is 79.0 Å². The number of amides is 3. The Kier molecular flexibility index (Phi) is 9.47. The van der Waals surface area contributed by atoms with Crippen LogP contribution in [0.15, 0.2) is 30.3 Å². The van der Waals surface area contributed by atoms with Crippen molar-refractivity contribution < 1.29 is 19.1 Å². The number of hydrogen-bond acceptors (Lipinski definition) is 4. The molecule has 7 nitrogen and oxygen atoms in total. The third-order valence-corrected chi connectivity index (χ3v) is 5.27. The molecule has 1 aromatic rings. The van der Waals surface area contributed by atoms with E-state index in [9.17, 15) is 14.4 Å². The highest BCUT2D eigenvalue weighted by Gasteiger charge is 2.23. The van der Waals surface area contributed by atoms with E-state index in [-0.39, 0.29) is 24.3 Å². The van der Waals surface area contributed by atoms with Crippen LogP contribution in [0.3, 0.4) is 0 Å². The molecule has 1 aliphatic rings. The van der Waals surface area contributed by atoms with E-state index in [0.717, 1.165) is 24.8 Å². The molecular formula is C22H33N3O4. The third-order valence-electron chi connectivity index (χ3n) is 5.27. The summed E-state index contributed by atoms with van der Waals surface area (Å²) in [6.07, 6.45) is 3.40. The van der Waals surface area contributed by atoms with Crippen molar-refractivity contribution in [2.75, 3.05) is 33.3 Å². The van der Waals surface area contributed by atoms with Gasteiger partial charge >= 0.3 is 12.0 Å². The van der Waals surface area contributed by atoms with E-state index >= 15 is 0 Å². The molecular weight excluding hydrogens is 370 g/mol. The minimum atomic E-state index is -0.298. The smallest absolute Gasteiger partial charge is 0.317 e. The second kappa shape index (κ2) is 12.1. The van der Waals surface area contributed by atoms with Crippen LogP contribution in [0.2, 0.25) is 0 Å². The van der Waals surface area contributed by atoms with Crippen molar-refractivity contribution in [2.24, 2.45) is 5.92 Å². The van der Waals surface area contributed by atoms with Gasteiger partial charge in [0.1, 0.15) is 0 Å². The van der Waals surface area contributed by atoms with Gasteiger partial charge in [-0.1, -0.05) is 30.3 Å². The fraction of sp³-hybridized carbons (Fsp3) is 0.591. The first-order valence-electron chi connectivity index (χ1n) is 10.5. The predicted molar refractivity (Wildman–Crippen MR) is 111 cm³/mol. The van der Waals surface area contributed by atoms with Crippen LogP contribution in [-0.4, -0.2) is 61.0 Å². The molecule has 1 aliphatic heterocycles. The van der Waals surface area contributed by atoms with Gasteiger partial charge in [0, 0.05) is 39.6 Å². The lowest BCUT2D eigenvalue weighted by atomic mass is 9.92. The van der Waals surface area contributed by atoms with Crippen LogP contribution in [0.1, 0.15) is 44.6 Å². The van der Waals surface area contributed by atoms with Crippen LogP contribution in [-0.2, 0) is 20.9 Å². The molecule has 1 aromatic carbocycles. The summed E-state index contributed by atoms with van der Waals surface area (Å²) in [5.74, 6) is 0.328. The molecule has 0 aromatic heterocycles. The second-order valence-electron chi connectivity index (χ2n) is 7.49. The number of nitrogens with one attached hydrogen (secondary N) is 1. The quantitative estimate of drug-likeness (QED) is 0.643. The van der Waals surface area contributed by atoms with Gasteiger partial charge in [0.25, 0.3) is 0 Å². The van der Waals surface area contributed by atoms with E-state index in [1.807, 2.05) is 37.4 Å². The van der Waals surface area contributed by atoms with Gasteiger partial charge in [0.2, 0.25) is 5.91 Å². The number of carbonyl (C=O) groups is 3. The van der Waals surface area contributed by atoms with Crippen LogP contribution in [0.4, 0.5) is 4.79 Å². The maximum absolute atomic E-state index is 12.4. The Hall–Kier alpha value is -2.57. The Balaban J connectivity index is 1.62. The molecule has 0 aliphatic carbocycles. The number of ether oxygens (including phenoxy) is 1. The lowest BCUT2D eigenvalue weighted by molar-refractivity contribution is -0.142. The Morgan fingerprint density at radius 1 is 1.14 bits per heavy atom. The number of benzene rings is 1. The maximum atomic E-state index is 12.4. The Morgan fingerprint density at radius 3 is 2.48 bits per heavy atom. The fourth-order valence-corrected chi connectivity index (χ4v) is 3.51. The van der Waals surface area contributed by atoms with Gasteiger partial charge in [0.05, 0.1) is 13.0 Å². The summed E-state index contributed by atoms with van der Waals surface area (Å²) >= 11 is 0. The van der Waals surface area contributed by atoms with Gasteiger partial charge in [-0.15, -0.1) is 0 Å². The molecule has 0 bridgehead atoms. The summed E-state index contributed by atoms with van der Waals surface area (Å²) in [7, 11) is 1.85. The summed E-state index contributed by atoms with van der Waals surface area (Å²) < 4.78 is 4.84. The molecule has 1 heterocycles. The minimum Gasteiger partial charge on any atom is -0.466 e. The van der Waals surface area contributed by atoms with Crippen molar-refractivity contribution in [1.82, 2.24) is 15.1 Å². The number of nitrogens with zero attached hydrogens (tertiary/aromatic N) is 2. The van der Waals surface area contributed by atoms with E-state index in [1.165, 1.54) is 0 Å². The number of hydrogen-bond donors (Lipinski definition) is 1. The van der Waals surface area contributed by atoms with Gasteiger partial charge in [-0.05, 0) is 37.7 Å². The van der Waals surface area contributed by atoms with Gasteiger partial charge in [-0.2, -0.15) is 0 Å². The molecule has 1 saturated heterocycles. The van der Waals surface area contributed by atoms with Crippen LogP contribution < -0.4 is 5.32 Å². The normalized spacial score (nSPS) is 14.3. The zero-order chi connectivity index (χ0) is 21.1. The highest BCUT2D eigenvalue weighted by Crippen LogP contribution is 2.22. The molecule has 0 atom stereocenters. The van der Waals surface area contributed by atoms with Crippen LogP contribution in [0.25, 0.3) is 0 Å². The fourth-order valence-electron chi connectivity index (χ4n) is 3.51. The first kappa shape index (κ1) is 22.7. The van der Waals surface area contributed by atoms with E-state index in [4.69, 9.17) is 4.74 Å². The number of urea groups is 1. The van der Waals surface area contributed by atoms with E-state index < -0.39 is 0 Å². The zero-order valence-electron chi connectivity index (χ0n) is 17.6. The van der Waals surface area contributed by atoms with E-state index in [1.54, 1.807) is 16.7 Å². The highest BCUT2D eigenvalue weighted by molar-refractivity contribution is 5.76. The standard InChI is InChI=1S/C22H33N3O4/c1-3-29-21(27)11-14-23-22(28)25-15-12-18(13-16-25)9-10-20(26)24(2)17-19-7-5-4-6-8-19/h4-8,18H,3,9-17H2,1-2H3,(H,23,28). The number of likely N-dealkylation sites (tertiary alicyclic amines) is 1. The molecule has 1 fully saturated rings. The lowest BCUT2D eigenvalue weighted by Crippen LogP contribution is -2.45. The monoisotopic (exact) mass is 403 g/mol. The Bertz CT molecular complexity index is 657. The predicted octanol–water partition coefficient (Wildman–Crippen LogP) is 2.80. The Labute approximate surface area is 173 Å². The molecule has 3 amide bonds. The largest absolute Gasteiger partial charge is 0.466 e. The Morgan fingerprint density at radius 2 is 1.83 bits per heavy atom. The van der Waals surface area contributed by atoms with Crippen molar-refractivity contribution in [1.29, 1.82) is 0 Å². The molecule has 160 valence electrons. The molecule has 7 heteroatoms. The summed E-state index contributed by atoms with van der Waals surface area (Å²) in [5, 5.41) is 2.77. The zero-order valence-corrected chi connectivity index (χ0v) is 17.6. The van der Waals surface area contributed by atoms with E-state index in [0.29, 0.717) is 45.1 Å². The molecule has 0 unspecified atom stereocenters. The van der Waals surface area contributed by atoms with Crippen molar-refractivity contribution in [3.05, 3.63) is 35.9 Å². The SMILES string of the molecule is CCOC(=O)CCNC(=O)N1CCC(CCC(=O)N(C)Cc2ccccc2)CC1. The van der Waals surface area contributed by atoms with Gasteiger partial charge in [0.15, 0.2) is 0 Å². The van der Waals surface area contributed by atoms with Gasteiger partial charge in [-0.25, -0.2) is 4.79 Å². The lowest BCUT2D eigenvalue weighted by Gasteiger charge is -2.32. The van der Waals surface area contributed by atoms with Crippen LogP contribution in [0.5, 0.6) is 0 Å². The average Bonchev–Trinajstić information content (AvgIpc) is 2.73. The van der Waals surface area contributed by atoms with Crippen molar-refractivity contribution in [3.8, 4) is 0 Å². The first-order valence-corrected chi connectivity index (χ1v) is 10.5. The summed E-state index contributed by atoms with van der Waals surface area (Å²) in [6.45, 7) is 4.40. The molecule has 0 radical (unpaired) electrons. The molecule has 0 saturated carbocycles. The number of piperidine rings is 1. The van der Waals surface area contributed by atoms with Crippen LogP contribution >= 0.6 is 0 Å². The van der Waals surface area contributed by atoms with Crippen molar-refractivity contribution >= 4 is 17.9 Å². The number of esters is 1. The van der Waals surface area contributed by atoms with Gasteiger partial charge in [-0.3, -0.25) is 9.59 Å². The molecule has 29 heavy (non-hydrogen) atoms. The third kappa shape index (κ3) is 8.13. The first-order chi connectivity index (χ1) is 14.0. The summed E-state index contributed by atoms with van der Waals surface area (Å²) in [6, 6.07) is 9.85. The van der Waals surface area contributed by atoms with Crippen LogP contribution in [0, 0.1) is 5.92 Å². The van der Waals surface area contributed by atoms with Crippen molar-refractivity contribution in [3.63, 3.8) is 0 Å². The number of rotatable bonds is 9. The second-order valence-corrected chi connectivity index (χ2v) is 7.49. The maximum Gasteiger partial charge on any atom is 0.317 e. The average molecular weight is 404 g/mol. The molecule has 1 N–H and O–H groups in total. The van der Waals surface area contributed by atoms with Crippen molar-refractivity contribution in [2.45, 2.75) is 45.6 Å².